The van der Waals surface area contributed by atoms with Gasteiger partial charge in [0.2, 0.25) is 0 Å². The van der Waals surface area contributed by atoms with E-state index in [0.717, 1.165) is 25.9 Å². The number of rotatable bonds is 5. The Bertz CT molecular complexity index is 470. The lowest BCUT2D eigenvalue weighted by Crippen LogP contribution is -2.48. The van der Waals surface area contributed by atoms with Crippen LogP contribution < -0.4 is 16.0 Å². The molecular formula is C15H22FN3O2. The number of halogens is 1. The van der Waals surface area contributed by atoms with E-state index in [9.17, 15) is 9.18 Å². The van der Waals surface area contributed by atoms with Crippen molar-refractivity contribution in [2.75, 3.05) is 38.7 Å². The third-order valence-corrected chi connectivity index (χ3v) is 3.86. The molecule has 21 heavy (non-hydrogen) atoms. The third-order valence-electron chi connectivity index (χ3n) is 3.86. The number of methoxy groups -OCH3 is 1. The Morgan fingerprint density at radius 3 is 2.76 bits per heavy atom. The van der Waals surface area contributed by atoms with Crippen molar-refractivity contribution in [2.24, 2.45) is 5.41 Å². The molecule has 0 unspecified atom stereocenters. The molecule has 3 N–H and O–H groups in total. The van der Waals surface area contributed by atoms with Gasteiger partial charge in [0.15, 0.2) is 0 Å². The fraction of sp³-hybridized carbons (Fsp3) is 0.533. The number of benzene rings is 1. The number of nitrogens with one attached hydrogen (secondary N) is 3. The van der Waals surface area contributed by atoms with Crippen molar-refractivity contribution in [3.63, 3.8) is 0 Å². The summed E-state index contributed by atoms with van der Waals surface area (Å²) in [4.78, 5) is 11.9. The van der Waals surface area contributed by atoms with Crippen LogP contribution >= 0.6 is 0 Å². The first-order chi connectivity index (χ1) is 10.2. The van der Waals surface area contributed by atoms with Gasteiger partial charge in [-0.25, -0.2) is 9.18 Å². The molecule has 1 aromatic carbocycles. The monoisotopic (exact) mass is 295 g/mol. The second-order valence-corrected chi connectivity index (χ2v) is 5.47. The lowest BCUT2D eigenvalue weighted by Gasteiger charge is -2.37. The summed E-state index contributed by atoms with van der Waals surface area (Å²) in [6.45, 7) is 2.96. The zero-order chi connectivity index (χ0) is 15.1. The summed E-state index contributed by atoms with van der Waals surface area (Å²) in [6, 6.07) is 5.71. The van der Waals surface area contributed by atoms with Crippen molar-refractivity contribution in [1.29, 1.82) is 0 Å². The molecule has 1 heterocycles. The number of ether oxygens (including phenoxy) is 1. The summed E-state index contributed by atoms with van der Waals surface area (Å²) < 4.78 is 18.8. The number of hydrogen-bond acceptors (Lipinski definition) is 3. The molecule has 2 amide bonds. The van der Waals surface area contributed by atoms with Crippen LogP contribution in [-0.4, -0.2) is 39.4 Å². The van der Waals surface area contributed by atoms with Crippen molar-refractivity contribution in [3.05, 3.63) is 30.1 Å². The van der Waals surface area contributed by atoms with E-state index in [1.807, 2.05) is 0 Å². The van der Waals surface area contributed by atoms with Crippen molar-refractivity contribution < 1.29 is 13.9 Å². The highest BCUT2D eigenvalue weighted by Crippen LogP contribution is 2.28. The van der Waals surface area contributed by atoms with Crippen LogP contribution in [0.5, 0.6) is 0 Å². The fourth-order valence-corrected chi connectivity index (χ4v) is 2.63. The second-order valence-electron chi connectivity index (χ2n) is 5.47. The van der Waals surface area contributed by atoms with Gasteiger partial charge in [-0.15, -0.1) is 0 Å². The summed E-state index contributed by atoms with van der Waals surface area (Å²) in [5.41, 5.74) is 0.133. The number of urea groups is 1. The molecule has 1 aliphatic heterocycles. The topological polar surface area (TPSA) is 62.4 Å². The predicted molar refractivity (Wildman–Crippen MR) is 79.8 cm³/mol. The minimum absolute atomic E-state index is 0.0490. The molecule has 0 radical (unpaired) electrons. The molecular weight excluding hydrogens is 273 g/mol. The molecule has 116 valence electrons. The summed E-state index contributed by atoms with van der Waals surface area (Å²) in [7, 11) is 1.67. The largest absolute Gasteiger partial charge is 0.384 e. The van der Waals surface area contributed by atoms with Crippen LogP contribution in [0.1, 0.15) is 12.8 Å². The molecule has 0 aromatic heterocycles. The molecule has 0 saturated carbocycles. The molecule has 0 aliphatic carbocycles. The Morgan fingerprint density at radius 2 is 2.10 bits per heavy atom. The van der Waals surface area contributed by atoms with Gasteiger partial charge in [0.25, 0.3) is 0 Å². The maximum Gasteiger partial charge on any atom is 0.319 e. The third kappa shape index (κ3) is 4.41. The molecule has 0 spiro atoms. The zero-order valence-corrected chi connectivity index (χ0v) is 12.2. The summed E-state index contributed by atoms with van der Waals surface area (Å²) in [5, 5.41) is 8.66. The minimum atomic E-state index is -0.443. The van der Waals surface area contributed by atoms with Crippen LogP contribution in [0.4, 0.5) is 14.9 Å². The van der Waals surface area contributed by atoms with E-state index in [1.165, 1.54) is 12.1 Å². The number of amides is 2. The van der Waals surface area contributed by atoms with Crippen LogP contribution in [0.2, 0.25) is 0 Å². The lowest BCUT2D eigenvalue weighted by atomic mass is 9.79. The lowest BCUT2D eigenvalue weighted by molar-refractivity contribution is 0.0558. The maximum atomic E-state index is 13.5. The average molecular weight is 295 g/mol. The van der Waals surface area contributed by atoms with Gasteiger partial charge < -0.3 is 20.7 Å². The van der Waals surface area contributed by atoms with Crippen LogP contribution in [0.25, 0.3) is 0 Å². The van der Waals surface area contributed by atoms with Gasteiger partial charge in [-0.3, -0.25) is 0 Å². The van der Waals surface area contributed by atoms with E-state index < -0.39 is 11.8 Å². The van der Waals surface area contributed by atoms with Crippen LogP contribution in [0, 0.1) is 11.2 Å². The van der Waals surface area contributed by atoms with Crippen molar-refractivity contribution in [1.82, 2.24) is 10.6 Å². The van der Waals surface area contributed by atoms with Crippen molar-refractivity contribution in [3.8, 4) is 0 Å². The van der Waals surface area contributed by atoms with Gasteiger partial charge in [-0.2, -0.15) is 0 Å². The fourth-order valence-electron chi connectivity index (χ4n) is 2.63. The van der Waals surface area contributed by atoms with E-state index in [1.54, 1.807) is 19.2 Å². The first-order valence-electron chi connectivity index (χ1n) is 7.14. The number of carbonyl (C=O) groups is 1. The van der Waals surface area contributed by atoms with E-state index in [-0.39, 0.29) is 11.1 Å². The summed E-state index contributed by atoms with van der Waals surface area (Å²) in [5.74, 6) is -0.443. The minimum Gasteiger partial charge on any atom is -0.384 e. The Morgan fingerprint density at radius 1 is 1.38 bits per heavy atom. The molecule has 5 nitrogen and oxygen atoms in total. The first-order valence-corrected chi connectivity index (χ1v) is 7.14. The molecule has 1 fully saturated rings. The van der Waals surface area contributed by atoms with E-state index in [0.29, 0.717) is 13.2 Å². The predicted octanol–water partition coefficient (Wildman–Crippen LogP) is 1.96. The molecule has 1 aliphatic rings. The highest BCUT2D eigenvalue weighted by atomic mass is 19.1. The zero-order valence-electron chi connectivity index (χ0n) is 12.2. The standard InChI is InChI=1S/C15H22FN3O2/c1-21-11-15(6-8-17-9-7-15)10-18-14(20)19-13-5-3-2-4-12(13)16/h2-5,17H,6-11H2,1H3,(H2,18,19,20). The molecule has 1 aromatic rings. The summed E-state index contributed by atoms with van der Waals surface area (Å²) in [6.07, 6.45) is 1.89. The van der Waals surface area contributed by atoms with Gasteiger partial charge in [0.1, 0.15) is 5.82 Å². The Labute approximate surface area is 124 Å². The first kappa shape index (κ1) is 15.7. The Balaban J connectivity index is 1.88. The van der Waals surface area contributed by atoms with Gasteiger partial charge >= 0.3 is 6.03 Å². The second kappa shape index (κ2) is 7.38. The molecule has 6 heteroatoms. The van der Waals surface area contributed by atoms with E-state index in [4.69, 9.17) is 4.74 Å². The normalized spacial score (nSPS) is 17.2. The Hall–Kier alpha value is -1.66. The van der Waals surface area contributed by atoms with Crippen molar-refractivity contribution in [2.45, 2.75) is 12.8 Å². The quantitative estimate of drug-likeness (QED) is 0.778. The average Bonchev–Trinajstić information content (AvgIpc) is 2.49. The van der Waals surface area contributed by atoms with E-state index in [2.05, 4.69) is 16.0 Å². The van der Waals surface area contributed by atoms with Crippen LogP contribution in [0.3, 0.4) is 0 Å². The number of carbonyl (C=O) groups excluding carboxylic acids is 1. The SMILES string of the molecule is COCC1(CNC(=O)Nc2ccccc2F)CCNCC1. The highest BCUT2D eigenvalue weighted by Gasteiger charge is 2.32. The molecule has 1 saturated heterocycles. The number of hydrogen-bond donors (Lipinski definition) is 3. The van der Waals surface area contributed by atoms with Gasteiger partial charge in [0.05, 0.1) is 12.3 Å². The van der Waals surface area contributed by atoms with E-state index >= 15 is 0 Å². The van der Waals surface area contributed by atoms with Gasteiger partial charge in [-0.1, -0.05) is 12.1 Å². The molecule has 0 bridgehead atoms. The highest BCUT2D eigenvalue weighted by molar-refractivity contribution is 5.89. The van der Waals surface area contributed by atoms with Crippen molar-refractivity contribution >= 4 is 11.7 Å². The summed E-state index contributed by atoms with van der Waals surface area (Å²) >= 11 is 0. The number of piperidine rings is 1. The maximum absolute atomic E-state index is 13.5. The van der Waals surface area contributed by atoms with Crippen LogP contribution in [-0.2, 0) is 4.74 Å². The smallest absolute Gasteiger partial charge is 0.319 e. The number of anilines is 1. The van der Waals surface area contributed by atoms with Gasteiger partial charge in [0, 0.05) is 19.1 Å². The van der Waals surface area contributed by atoms with Gasteiger partial charge in [-0.05, 0) is 38.1 Å². The Kier molecular flexibility index (Phi) is 5.52. The van der Waals surface area contributed by atoms with Crippen LogP contribution in [0.15, 0.2) is 24.3 Å². The molecule has 0 atom stereocenters. The molecule has 2 rings (SSSR count). The number of para-hydroxylation sites is 1.